The molecule has 2 aromatic rings. The van der Waals surface area contributed by atoms with Crippen molar-refractivity contribution in [1.82, 2.24) is 0 Å². The highest BCUT2D eigenvalue weighted by Gasteiger charge is 2.30. The number of hydrogen-bond acceptors (Lipinski definition) is 5. The van der Waals surface area contributed by atoms with Crippen molar-refractivity contribution in [3.8, 4) is 17.6 Å². The molecule has 0 aliphatic heterocycles. The number of hydrogen-bond donors (Lipinski definition) is 0. The maximum atomic E-state index is 12.7. The fraction of sp³-hybridized carbons (Fsp3) is 0.200. The van der Waals surface area contributed by atoms with E-state index in [2.05, 4.69) is 0 Å². The molecule has 0 fully saturated rings. The van der Waals surface area contributed by atoms with Crippen molar-refractivity contribution in [2.75, 3.05) is 13.7 Å². The van der Waals surface area contributed by atoms with Gasteiger partial charge in [-0.1, -0.05) is 18.2 Å². The number of alkyl halides is 3. The van der Waals surface area contributed by atoms with E-state index in [9.17, 15) is 18.0 Å². The molecule has 0 amide bonds. The van der Waals surface area contributed by atoms with E-state index in [4.69, 9.17) is 19.5 Å². The Labute approximate surface area is 159 Å². The van der Waals surface area contributed by atoms with Crippen LogP contribution >= 0.6 is 0 Å². The van der Waals surface area contributed by atoms with Gasteiger partial charge in [0, 0.05) is 6.08 Å². The normalized spacial score (nSPS) is 11.1. The van der Waals surface area contributed by atoms with Gasteiger partial charge < -0.3 is 14.2 Å². The quantitative estimate of drug-likeness (QED) is 0.518. The molecule has 0 N–H and O–H groups in total. The summed E-state index contributed by atoms with van der Waals surface area (Å²) < 4.78 is 53.4. The molecule has 0 spiro atoms. The molecule has 28 heavy (non-hydrogen) atoms. The van der Waals surface area contributed by atoms with E-state index in [0.717, 1.165) is 18.2 Å². The molecule has 2 rings (SSSR count). The van der Waals surface area contributed by atoms with Gasteiger partial charge in [-0.2, -0.15) is 18.4 Å². The van der Waals surface area contributed by atoms with Crippen LogP contribution in [0.2, 0.25) is 0 Å². The van der Waals surface area contributed by atoms with E-state index in [1.807, 2.05) is 6.07 Å². The van der Waals surface area contributed by atoms with Crippen molar-refractivity contribution in [2.24, 2.45) is 0 Å². The van der Waals surface area contributed by atoms with Gasteiger partial charge in [-0.05, 0) is 41.5 Å². The molecule has 8 heteroatoms. The third-order valence-corrected chi connectivity index (χ3v) is 3.53. The minimum absolute atomic E-state index is 0.132. The number of benzene rings is 2. The monoisotopic (exact) mass is 391 g/mol. The molecule has 0 aliphatic carbocycles. The average Bonchev–Trinajstić information content (AvgIpc) is 2.69. The van der Waals surface area contributed by atoms with E-state index in [-0.39, 0.29) is 18.8 Å². The Bertz CT molecular complexity index is 901. The Morgan fingerprint density at radius 1 is 1.18 bits per heavy atom. The van der Waals surface area contributed by atoms with Crippen LogP contribution in [0, 0.1) is 11.3 Å². The second-order valence-electron chi connectivity index (χ2n) is 5.50. The lowest BCUT2D eigenvalue weighted by molar-refractivity contribution is -0.138. The largest absolute Gasteiger partial charge is 0.493 e. The fourth-order valence-electron chi connectivity index (χ4n) is 2.22. The standard InChI is InChI=1S/C20H16F3NO4/c1-26-18-12-14(5-7-17(18)27-10-9-24)6-8-19(25)28-13-15-3-2-4-16(11-15)20(21,22)23/h2-8,11-12H,10,13H2,1H3. The number of carbonyl (C=O) groups is 1. The molecule has 0 radical (unpaired) electrons. The summed E-state index contributed by atoms with van der Waals surface area (Å²) in [7, 11) is 1.44. The zero-order valence-corrected chi connectivity index (χ0v) is 14.8. The van der Waals surface area contributed by atoms with E-state index < -0.39 is 17.7 Å². The number of carbonyl (C=O) groups excluding carboxylic acids is 1. The fourth-order valence-corrected chi connectivity index (χ4v) is 2.22. The zero-order valence-electron chi connectivity index (χ0n) is 14.8. The van der Waals surface area contributed by atoms with Gasteiger partial charge in [0.25, 0.3) is 0 Å². The van der Waals surface area contributed by atoms with Crippen molar-refractivity contribution in [3.63, 3.8) is 0 Å². The van der Waals surface area contributed by atoms with Crippen molar-refractivity contribution in [3.05, 3.63) is 65.2 Å². The summed E-state index contributed by atoms with van der Waals surface area (Å²) in [4.78, 5) is 11.8. The van der Waals surface area contributed by atoms with Gasteiger partial charge in [-0.25, -0.2) is 4.79 Å². The molecule has 0 bridgehead atoms. The summed E-state index contributed by atoms with van der Waals surface area (Å²) in [5.74, 6) is 0.0595. The van der Waals surface area contributed by atoms with E-state index in [1.54, 1.807) is 18.2 Å². The molecular weight excluding hydrogens is 375 g/mol. The lowest BCUT2D eigenvalue weighted by Crippen LogP contribution is -2.06. The minimum Gasteiger partial charge on any atom is -0.493 e. The highest BCUT2D eigenvalue weighted by Crippen LogP contribution is 2.30. The zero-order chi connectivity index (χ0) is 20.6. The van der Waals surface area contributed by atoms with Crippen LogP contribution in [0.3, 0.4) is 0 Å². The average molecular weight is 391 g/mol. The molecule has 0 aliphatic rings. The van der Waals surface area contributed by atoms with Gasteiger partial charge in [0.05, 0.1) is 12.7 Å². The molecule has 0 saturated carbocycles. The second-order valence-corrected chi connectivity index (χ2v) is 5.50. The number of halogens is 3. The minimum atomic E-state index is -4.46. The molecule has 2 aromatic carbocycles. The Kier molecular flexibility index (Phi) is 7.04. The highest BCUT2D eigenvalue weighted by atomic mass is 19.4. The summed E-state index contributed by atoms with van der Waals surface area (Å²) in [6.07, 6.45) is -1.84. The van der Waals surface area contributed by atoms with Crippen LogP contribution in [0.25, 0.3) is 6.08 Å². The molecule has 0 heterocycles. The number of ether oxygens (including phenoxy) is 3. The van der Waals surface area contributed by atoms with Crippen LogP contribution in [0.4, 0.5) is 13.2 Å². The van der Waals surface area contributed by atoms with E-state index in [1.165, 1.54) is 25.3 Å². The molecule has 146 valence electrons. The Hall–Kier alpha value is -3.47. The summed E-state index contributed by atoms with van der Waals surface area (Å²) in [6, 6.07) is 11.3. The molecule has 0 atom stereocenters. The number of nitrogens with zero attached hydrogens (tertiary/aromatic N) is 1. The predicted octanol–water partition coefficient (Wildman–Crippen LogP) is 4.37. The van der Waals surface area contributed by atoms with Crippen LogP contribution < -0.4 is 9.47 Å². The van der Waals surface area contributed by atoms with Crippen LogP contribution in [0.1, 0.15) is 16.7 Å². The first-order valence-electron chi connectivity index (χ1n) is 8.02. The maximum Gasteiger partial charge on any atom is 0.416 e. The van der Waals surface area contributed by atoms with Gasteiger partial charge in [-0.3, -0.25) is 0 Å². The number of rotatable bonds is 7. The topological polar surface area (TPSA) is 68.6 Å². The van der Waals surface area contributed by atoms with Crippen molar-refractivity contribution in [1.29, 1.82) is 5.26 Å². The molecule has 0 aromatic heterocycles. The lowest BCUT2D eigenvalue weighted by Gasteiger charge is -2.09. The molecular formula is C20H16F3NO4. The van der Waals surface area contributed by atoms with Crippen molar-refractivity contribution in [2.45, 2.75) is 12.8 Å². The Morgan fingerprint density at radius 2 is 1.96 bits per heavy atom. The van der Waals surface area contributed by atoms with Gasteiger partial charge in [0.15, 0.2) is 18.1 Å². The molecule has 0 unspecified atom stereocenters. The lowest BCUT2D eigenvalue weighted by atomic mass is 10.1. The van der Waals surface area contributed by atoms with Crippen LogP contribution in [0.5, 0.6) is 11.5 Å². The van der Waals surface area contributed by atoms with E-state index in [0.29, 0.717) is 17.1 Å². The van der Waals surface area contributed by atoms with Crippen LogP contribution in [0.15, 0.2) is 48.5 Å². The highest BCUT2D eigenvalue weighted by molar-refractivity contribution is 5.87. The second kappa shape index (κ2) is 9.46. The Morgan fingerprint density at radius 3 is 2.64 bits per heavy atom. The SMILES string of the molecule is COc1cc(C=CC(=O)OCc2cccc(C(F)(F)F)c2)ccc1OCC#N. The summed E-state index contributed by atoms with van der Waals surface area (Å²) >= 11 is 0. The number of nitriles is 1. The smallest absolute Gasteiger partial charge is 0.416 e. The number of methoxy groups -OCH3 is 1. The first-order valence-corrected chi connectivity index (χ1v) is 8.02. The summed E-state index contributed by atoms with van der Waals surface area (Å²) in [5, 5.41) is 8.54. The van der Waals surface area contributed by atoms with Crippen molar-refractivity contribution < 1.29 is 32.2 Å². The van der Waals surface area contributed by atoms with Gasteiger partial charge in [0.1, 0.15) is 12.7 Å². The Balaban J connectivity index is 1.98. The van der Waals surface area contributed by atoms with Gasteiger partial charge in [0.2, 0.25) is 0 Å². The molecule has 5 nitrogen and oxygen atoms in total. The maximum absolute atomic E-state index is 12.7. The van der Waals surface area contributed by atoms with Gasteiger partial charge in [-0.15, -0.1) is 0 Å². The van der Waals surface area contributed by atoms with E-state index >= 15 is 0 Å². The van der Waals surface area contributed by atoms with Gasteiger partial charge >= 0.3 is 12.1 Å². The van der Waals surface area contributed by atoms with Crippen LogP contribution in [-0.4, -0.2) is 19.7 Å². The third-order valence-electron chi connectivity index (χ3n) is 3.53. The summed E-state index contributed by atoms with van der Waals surface area (Å²) in [6.45, 7) is -0.412. The molecule has 0 saturated heterocycles. The van der Waals surface area contributed by atoms with Crippen LogP contribution in [-0.2, 0) is 22.3 Å². The first-order chi connectivity index (χ1) is 13.3. The number of esters is 1. The predicted molar refractivity (Wildman–Crippen MR) is 94.4 cm³/mol. The first kappa shape index (κ1) is 20.8. The summed E-state index contributed by atoms with van der Waals surface area (Å²) in [5.41, 5.74) is 0.0387. The van der Waals surface area contributed by atoms with Crippen molar-refractivity contribution >= 4 is 12.0 Å². The third kappa shape index (κ3) is 6.06.